The smallest absolute Gasteiger partial charge is 0.303 e. The summed E-state index contributed by atoms with van der Waals surface area (Å²) in [5, 5.41) is 13.2. The zero-order valence-corrected chi connectivity index (χ0v) is 13.8. The second-order valence-electron chi connectivity index (χ2n) is 5.74. The third-order valence-corrected chi connectivity index (χ3v) is 4.13. The number of hydrogen-bond donors (Lipinski definition) is 1. The van der Waals surface area contributed by atoms with Crippen molar-refractivity contribution in [2.24, 2.45) is 0 Å². The Morgan fingerprint density at radius 1 is 1.22 bits per heavy atom. The second kappa shape index (κ2) is 8.13. The summed E-state index contributed by atoms with van der Waals surface area (Å²) in [4.78, 5) is 12.9. The molecule has 2 heterocycles. The molecule has 0 saturated carbocycles. The molecule has 6 heteroatoms. The molecule has 5 nitrogen and oxygen atoms in total. The molecule has 0 saturated heterocycles. The van der Waals surface area contributed by atoms with Crippen molar-refractivity contribution in [3.8, 4) is 5.69 Å². The van der Waals surface area contributed by atoms with Crippen LogP contribution >= 0.6 is 12.4 Å². The van der Waals surface area contributed by atoms with Crippen molar-refractivity contribution < 1.29 is 9.90 Å². The number of carboxylic acid groups (broad SMARTS) is 1. The van der Waals surface area contributed by atoms with Gasteiger partial charge in [-0.1, -0.05) is 18.2 Å². The highest BCUT2D eigenvalue weighted by atomic mass is 35.5. The topological polar surface area (TPSA) is 58.4 Å². The van der Waals surface area contributed by atoms with Crippen LogP contribution in [-0.2, 0) is 17.8 Å². The third kappa shape index (κ3) is 4.33. The van der Waals surface area contributed by atoms with Crippen LogP contribution in [0.5, 0.6) is 0 Å². The van der Waals surface area contributed by atoms with E-state index in [1.54, 1.807) is 0 Å². The number of hydrogen-bond acceptors (Lipinski definition) is 3. The van der Waals surface area contributed by atoms with Crippen LogP contribution in [0.25, 0.3) is 5.69 Å². The first-order chi connectivity index (χ1) is 10.7. The number of carbonyl (C=O) groups is 1. The summed E-state index contributed by atoms with van der Waals surface area (Å²) >= 11 is 0. The Morgan fingerprint density at radius 3 is 2.74 bits per heavy atom. The molecule has 3 rings (SSSR count). The average Bonchev–Trinajstić information content (AvgIpc) is 2.95. The first kappa shape index (κ1) is 17.5. The van der Waals surface area contributed by atoms with Gasteiger partial charge in [0.05, 0.1) is 11.9 Å². The van der Waals surface area contributed by atoms with Crippen LogP contribution in [0.1, 0.15) is 30.5 Å². The number of nitrogens with zero attached hydrogens (tertiary/aromatic N) is 3. The highest BCUT2D eigenvalue weighted by Crippen LogP contribution is 2.22. The molecule has 1 aromatic heterocycles. The van der Waals surface area contributed by atoms with Crippen LogP contribution in [0.4, 0.5) is 0 Å². The lowest BCUT2D eigenvalue weighted by atomic mass is 10.1. The monoisotopic (exact) mass is 335 g/mol. The summed E-state index contributed by atoms with van der Waals surface area (Å²) < 4.78 is 2.04. The van der Waals surface area contributed by atoms with Gasteiger partial charge in [-0.15, -0.1) is 12.4 Å². The summed E-state index contributed by atoms with van der Waals surface area (Å²) in [6.45, 7) is 2.89. The van der Waals surface area contributed by atoms with Crippen molar-refractivity contribution >= 4 is 18.4 Å². The normalized spacial score (nSPS) is 14.1. The maximum Gasteiger partial charge on any atom is 0.303 e. The first-order valence-corrected chi connectivity index (χ1v) is 7.79. The molecule has 23 heavy (non-hydrogen) atoms. The minimum Gasteiger partial charge on any atom is -0.481 e. The molecule has 0 bridgehead atoms. The molecule has 1 aliphatic rings. The average molecular weight is 336 g/mol. The number of benzene rings is 1. The Bertz CT molecular complexity index is 643. The molecule has 0 spiro atoms. The largest absolute Gasteiger partial charge is 0.481 e. The summed E-state index contributed by atoms with van der Waals surface area (Å²) in [7, 11) is 0. The van der Waals surface area contributed by atoms with Crippen LogP contribution in [-0.4, -0.2) is 38.8 Å². The highest BCUT2D eigenvalue weighted by Gasteiger charge is 2.20. The fourth-order valence-corrected chi connectivity index (χ4v) is 2.98. The Kier molecular flexibility index (Phi) is 6.19. The summed E-state index contributed by atoms with van der Waals surface area (Å²) in [6, 6.07) is 10.2. The lowest BCUT2D eigenvalue weighted by Crippen LogP contribution is -2.31. The molecule has 0 atom stereocenters. The molecule has 0 radical (unpaired) electrons. The van der Waals surface area contributed by atoms with E-state index < -0.39 is 5.97 Å². The predicted octanol–water partition coefficient (Wildman–Crippen LogP) is 2.91. The zero-order chi connectivity index (χ0) is 15.4. The zero-order valence-electron chi connectivity index (χ0n) is 13.0. The lowest BCUT2D eigenvalue weighted by molar-refractivity contribution is -0.137. The molecule has 0 aliphatic carbocycles. The first-order valence-electron chi connectivity index (χ1n) is 7.79. The van der Waals surface area contributed by atoms with Gasteiger partial charge < -0.3 is 5.11 Å². The lowest BCUT2D eigenvalue weighted by Gasteiger charge is -2.27. The Labute approximate surface area is 142 Å². The van der Waals surface area contributed by atoms with Gasteiger partial charge in [-0.25, -0.2) is 4.68 Å². The standard InChI is InChI=1S/C17H21N3O2.ClH/c21-17(22)8-4-5-10-19-11-9-16-14(13-19)12-18-20(16)15-6-2-1-3-7-15;/h1-3,6-7,12H,4-5,8-11,13H2,(H,21,22);1H. The highest BCUT2D eigenvalue weighted by molar-refractivity contribution is 5.85. The van der Waals surface area contributed by atoms with Crippen molar-refractivity contribution in [3.63, 3.8) is 0 Å². The van der Waals surface area contributed by atoms with E-state index in [2.05, 4.69) is 22.1 Å². The maximum atomic E-state index is 10.5. The van der Waals surface area contributed by atoms with Gasteiger partial charge in [0.1, 0.15) is 0 Å². The molecule has 1 N–H and O–H groups in total. The maximum absolute atomic E-state index is 10.5. The van der Waals surface area contributed by atoms with Gasteiger partial charge in [0.15, 0.2) is 0 Å². The van der Waals surface area contributed by atoms with Crippen molar-refractivity contribution in [3.05, 3.63) is 47.8 Å². The summed E-state index contributed by atoms with van der Waals surface area (Å²) in [6.07, 6.45) is 4.91. The number of carboxylic acids is 1. The van der Waals surface area contributed by atoms with E-state index in [-0.39, 0.29) is 18.8 Å². The van der Waals surface area contributed by atoms with Crippen LogP contribution in [0.3, 0.4) is 0 Å². The number of halogens is 1. The van der Waals surface area contributed by atoms with E-state index in [1.165, 1.54) is 11.3 Å². The van der Waals surface area contributed by atoms with Crippen molar-refractivity contribution in [1.82, 2.24) is 14.7 Å². The second-order valence-corrected chi connectivity index (χ2v) is 5.74. The SMILES string of the molecule is Cl.O=C(O)CCCCN1CCc2c(cnn2-c2ccccc2)C1. The Balaban J connectivity index is 0.00000192. The molecule has 0 fully saturated rings. The fraction of sp³-hybridized carbons (Fsp3) is 0.412. The number of aromatic nitrogens is 2. The number of para-hydroxylation sites is 1. The summed E-state index contributed by atoms with van der Waals surface area (Å²) in [5.41, 5.74) is 3.69. The van der Waals surface area contributed by atoms with Gasteiger partial charge in [0.25, 0.3) is 0 Å². The molecule has 2 aromatic rings. The van der Waals surface area contributed by atoms with Crippen molar-refractivity contribution in [1.29, 1.82) is 0 Å². The molecule has 1 aliphatic heterocycles. The van der Waals surface area contributed by atoms with E-state index in [0.717, 1.165) is 44.6 Å². The molecule has 1 aromatic carbocycles. The minimum atomic E-state index is -0.704. The molecular weight excluding hydrogens is 314 g/mol. The van der Waals surface area contributed by atoms with Gasteiger partial charge in [0, 0.05) is 37.2 Å². The third-order valence-electron chi connectivity index (χ3n) is 4.13. The number of rotatable bonds is 6. The molecular formula is C17H22ClN3O2. The van der Waals surface area contributed by atoms with Gasteiger partial charge in [-0.2, -0.15) is 5.10 Å². The summed E-state index contributed by atoms with van der Waals surface area (Å²) in [5.74, 6) is -0.704. The van der Waals surface area contributed by atoms with Gasteiger partial charge in [-0.05, 0) is 31.5 Å². The Hall–Kier alpha value is -1.85. The van der Waals surface area contributed by atoms with Gasteiger partial charge in [-0.3, -0.25) is 9.69 Å². The van der Waals surface area contributed by atoms with E-state index in [1.807, 2.05) is 29.1 Å². The minimum absolute atomic E-state index is 0. The van der Waals surface area contributed by atoms with E-state index in [4.69, 9.17) is 5.11 Å². The van der Waals surface area contributed by atoms with Crippen molar-refractivity contribution in [2.75, 3.05) is 13.1 Å². The van der Waals surface area contributed by atoms with E-state index in [0.29, 0.717) is 0 Å². The van der Waals surface area contributed by atoms with Gasteiger partial charge in [0.2, 0.25) is 0 Å². The molecule has 0 unspecified atom stereocenters. The number of unbranched alkanes of at least 4 members (excludes halogenated alkanes) is 1. The number of aliphatic carboxylic acids is 1. The van der Waals surface area contributed by atoms with Crippen LogP contribution < -0.4 is 0 Å². The van der Waals surface area contributed by atoms with E-state index >= 15 is 0 Å². The van der Waals surface area contributed by atoms with Crippen LogP contribution in [0.2, 0.25) is 0 Å². The van der Waals surface area contributed by atoms with Crippen molar-refractivity contribution in [2.45, 2.75) is 32.2 Å². The van der Waals surface area contributed by atoms with Gasteiger partial charge >= 0.3 is 5.97 Å². The Morgan fingerprint density at radius 2 is 2.00 bits per heavy atom. The molecule has 124 valence electrons. The van der Waals surface area contributed by atoms with E-state index in [9.17, 15) is 4.79 Å². The predicted molar refractivity (Wildman–Crippen MR) is 91.3 cm³/mol. The number of fused-ring (bicyclic) bond motifs is 1. The van der Waals surface area contributed by atoms with Crippen LogP contribution in [0, 0.1) is 0 Å². The quantitative estimate of drug-likeness (QED) is 0.825. The fourth-order valence-electron chi connectivity index (χ4n) is 2.98. The van der Waals surface area contributed by atoms with Crippen LogP contribution in [0.15, 0.2) is 36.5 Å². The molecule has 0 amide bonds.